The third-order valence-electron chi connectivity index (χ3n) is 6.34. The van der Waals surface area contributed by atoms with Gasteiger partial charge in [-0.25, -0.2) is 8.51 Å². The summed E-state index contributed by atoms with van der Waals surface area (Å²) >= 11 is 12.3. The van der Waals surface area contributed by atoms with Crippen LogP contribution in [0.5, 0.6) is 0 Å². The van der Waals surface area contributed by atoms with E-state index in [0.29, 0.717) is 36.5 Å². The van der Waals surface area contributed by atoms with Crippen molar-refractivity contribution in [2.24, 2.45) is 7.05 Å². The van der Waals surface area contributed by atoms with Crippen LogP contribution in [-0.4, -0.2) is 61.0 Å². The highest BCUT2D eigenvalue weighted by Crippen LogP contribution is 2.27. The predicted octanol–water partition coefficient (Wildman–Crippen LogP) is 3.99. The van der Waals surface area contributed by atoms with E-state index >= 15 is 0 Å². The maximum atomic E-state index is 13.6. The van der Waals surface area contributed by atoms with E-state index in [1.165, 1.54) is 10.9 Å². The molecule has 3 aromatic rings. The Balaban J connectivity index is 1.40. The van der Waals surface area contributed by atoms with Crippen LogP contribution in [0.3, 0.4) is 0 Å². The van der Waals surface area contributed by atoms with Crippen molar-refractivity contribution in [3.8, 4) is 0 Å². The average Bonchev–Trinajstić information content (AvgIpc) is 3.28. The van der Waals surface area contributed by atoms with Gasteiger partial charge in [0.05, 0.1) is 31.0 Å². The number of halogens is 2. The number of nitrogens with zero attached hydrogens (tertiary/aromatic N) is 3. The number of aromatic nitrogens is 2. The largest absolute Gasteiger partial charge is 0.348 e. The van der Waals surface area contributed by atoms with Crippen LogP contribution >= 0.6 is 23.2 Å². The van der Waals surface area contributed by atoms with E-state index in [9.17, 15) is 18.6 Å². The SMILES string of the molecule is C=CC(=O)Nc1cccc(S(=C)(=O)N2CCC(NC(=O)c3nn(C)cc3NC(=O)c3c(Cl)cccc3Cl)CC2)c1. The minimum Gasteiger partial charge on any atom is -0.348 e. The zero-order chi connectivity index (χ0) is 29.0. The molecule has 0 radical (unpaired) electrons. The van der Waals surface area contributed by atoms with E-state index in [4.69, 9.17) is 23.2 Å². The highest BCUT2D eigenvalue weighted by molar-refractivity contribution is 7.98. The fourth-order valence-corrected chi connectivity index (χ4v) is 6.58. The molecule has 3 amide bonds. The van der Waals surface area contributed by atoms with Gasteiger partial charge in [-0.05, 0) is 55.1 Å². The van der Waals surface area contributed by atoms with Crippen molar-refractivity contribution in [1.29, 1.82) is 0 Å². The molecule has 3 N–H and O–H groups in total. The number of piperidine rings is 1. The van der Waals surface area contributed by atoms with Crippen molar-refractivity contribution in [2.75, 3.05) is 23.7 Å². The smallest absolute Gasteiger partial charge is 0.274 e. The van der Waals surface area contributed by atoms with Gasteiger partial charge in [0, 0.05) is 43.0 Å². The van der Waals surface area contributed by atoms with Crippen LogP contribution in [0.15, 0.2) is 66.2 Å². The van der Waals surface area contributed by atoms with Crippen LogP contribution in [0.2, 0.25) is 10.0 Å². The van der Waals surface area contributed by atoms with Gasteiger partial charge in [0.1, 0.15) is 0 Å². The number of hydrogen-bond acceptors (Lipinski definition) is 5. The van der Waals surface area contributed by atoms with E-state index in [1.807, 2.05) is 0 Å². The van der Waals surface area contributed by atoms with Gasteiger partial charge in [0.25, 0.3) is 11.8 Å². The van der Waals surface area contributed by atoms with Crippen molar-refractivity contribution in [2.45, 2.75) is 23.8 Å². The standard InChI is InChI=1S/C27H28Cl2N6O4S/c1-4-23(36)30-18-7-5-8-19(15-18)40(3,39)35-13-11-17(12-14-35)31-27(38)25-22(16-34(2)33-25)32-26(37)24-20(28)9-6-10-21(24)29/h4-10,15-17H,1,3,11-14H2,2H3,(H,30,36)(H,31,38)(H,32,37). The second kappa shape index (κ2) is 12.3. The summed E-state index contributed by atoms with van der Waals surface area (Å²) in [5, 5.41) is 12.9. The number of anilines is 2. The molecule has 1 saturated heterocycles. The van der Waals surface area contributed by atoms with Crippen LogP contribution < -0.4 is 16.0 Å². The average molecular weight is 604 g/mol. The van der Waals surface area contributed by atoms with Crippen LogP contribution in [-0.2, 0) is 21.5 Å². The lowest BCUT2D eigenvalue weighted by atomic mass is 10.1. The maximum absolute atomic E-state index is 13.6. The van der Waals surface area contributed by atoms with Crippen molar-refractivity contribution in [3.05, 3.63) is 82.6 Å². The Hall–Kier alpha value is -3.64. The Morgan fingerprint density at radius 3 is 2.35 bits per heavy atom. The first-order valence-corrected chi connectivity index (χ1v) is 14.7. The van der Waals surface area contributed by atoms with Crippen molar-refractivity contribution in [1.82, 2.24) is 19.4 Å². The van der Waals surface area contributed by atoms with E-state index < -0.39 is 21.5 Å². The van der Waals surface area contributed by atoms with Crippen LogP contribution in [0.25, 0.3) is 0 Å². The lowest BCUT2D eigenvalue weighted by molar-refractivity contribution is -0.111. The number of carbonyl (C=O) groups excluding carboxylic acids is 3. The highest BCUT2D eigenvalue weighted by atomic mass is 35.5. The maximum Gasteiger partial charge on any atom is 0.274 e. The molecule has 0 aliphatic carbocycles. The molecule has 2 heterocycles. The van der Waals surface area contributed by atoms with E-state index in [2.05, 4.69) is 33.5 Å². The van der Waals surface area contributed by atoms with Crippen molar-refractivity contribution >= 4 is 67.9 Å². The molecule has 1 fully saturated rings. The summed E-state index contributed by atoms with van der Waals surface area (Å²) in [4.78, 5) is 38.1. The molecular weight excluding hydrogens is 575 g/mol. The summed E-state index contributed by atoms with van der Waals surface area (Å²) in [5.41, 5.74) is 0.846. The Morgan fingerprint density at radius 2 is 1.70 bits per heavy atom. The third-order valence-corrected chi connectivity index (χ3v) is 9.16. The minimum absolute atomic E-state index is 0.0424. The van der Waals surface area contributed by atoms with Gasteiger partial charge in [-0.1, -0.05) is 41.9 Å². The first-order chi connectivity index (χ1) is 19.0. The van der Waals surface area contributed by atoms with Crippen molar-refractivity contribution in [3.63, 3.8) is 0 Å². The number of benzene rings is 2. The lowest BCUT2D eigenvalue weighted by Gasteiger charge is -2.34. The summed E-state index contributed by atoms with van der Waals surface area (Å²) in [5.74, 6) is 2.59. The molecule has 10 nitrogen and oxygen atoms in total. The minimum atomic E-state index is -2.82. The molecular formula is C27H28Cl2N6O4S. The molecule has 1 aliphatic rings. The summed E-state index contributed by atoms with van der Waals surface area (Å²) in [7, 11) is -1.19. The van der Waals surface area contributed by atoms with Gasteiger partial charge in [-0.3, -0.25) is 19.1 Å². The number of carbonyl (C=O) groups is 3. The van der Waals surface area contributed by atoms with E-state index in [0.717, 1.165) is 6.08 Å². The molecule has 210 valence electrons. The summed E-state index contributed by atoms with van der Waals surface area (Å²) in [6.45, 7) is 4.28. The molecule has 1 unspecified atom stereocenters. The Kier molecular flexibility index (Phi) is 8.99. The topological polar surface area (TPSA) is 125 Å². The molecule has 1 aliphatic heterocycles. The van der Waals surface area contributed by atoms with E-state index in [1.54, 1.807) is 53.8 Å². The van der Waals surface area contributed by atoms with Gasteiger partial charge >= 0.3 is 0 Å². The number of nitrogens with one attached hydrogen (secondary N) is 3. The molecule has 1 atom stereocenters. The fraction of sp³-hybridized carbons (Fsp3) is 0.222. The number of amides is 3. The van der Waals surface area contributed by atoms with Gasteiger partial charge < -0.3 is 16.0 Å². The highest BCUT2D eigenvalue weighted by Gasteiger charge is 2.28. The van der Waals surface area contributed by atoms with Gasteiger partial charge in [-0.15, -0.1) is 0 Å². The quantitative estimate of drug-likeness (QED) is 0.265. The third kappa shape index (κ3) is 6.56. The zero-order valence-corrected chi connectivity index (χ0v) is 24.0. The molecule has 13 heteroatoms. The van der Waals surface area contributed by atoms with Crippen molar-refractivity contribution < 1.29 is 18.6 Å². The first kappa shape index (κ1) is 29.3. The summed E-state index contributed by atoms with van der Waals surface area (Å²) < 4.78 is 16.8. The Bertz CT molecular complexity index is 1560. The summed E-state index contributed by atoms with van der Waals surface area (Å²) in [6.07, 6.45) is 3.72. The fourth-order valence-electron chi connectivity index (χ4n) is 4.31. The van der Waals surface area contributed by atoms with Crippen LogP contribution in [0.4, 0.5) is 11.4 Å². The first-order valence-electron chi connectivity index (χ1n) is 12.3. The lowest BCUT2D eigenvalue weighted by Crippen LogP contribution is -2.46. The zero-order valence-electron chi connectivity index (χ0n) is 21.7. The predicted molar refractivity (Wildman–Crippen MR) is 158 cm³/mol. The van der Waals surface area contributed by atoms with Gasteiger partial charge in [0.2, 0.25) is 5.91 Å². The molecule has 4 rings (SSSR count). The molecule has 40 heavy (non-hydrogen) atoms. The molecule has 2 aromatic carbocycles. The molecule has 0 bridgehead atoms. The Labute approximate surface area is 242 Å². The van der Waals surface area contributed by atoms with Gasteiger partial charge in [-0.2, -0.15) is 5.10 Å². The second-order valence-electron chi connectivity index (χ2n) is 9.15. The number of aryl methyl sites for hydroxylation is 1. The molecule has 1 aromatic heterocycles. The van der Waals surface area contributed by atoms with E-state index in [-0.39, 0.29) is 38.9 Å². The Morgan fingerprint density at radius 1 is 1.05 bits per heavy atom. The number of hydrogen-bond donors (Lipinski definition) is 3. The molecule has 0 saturated carbocycles. The summed E-state index contributed by atoms with van der Waals surface area (Å²) in [6, 6.07) is 11.3. The second-order valence-corrected chi connectivity index (χ2v) is 12.2. The number of rotatable bonds is 8. The van der Waals surface area contributed by atoms with Crippen LogP contribution in [0.1, 0.15) is 33.7 Å². The normalized spacial score (nSPS) is 15.6. The van der Waals surface area contributed by atoms with Gasteiger partial charge in [0.15, 0.2) is 5.69 Å². The monoisotopic (exact) mass is 602 g/mol. The van der Waals surface area contributed by atoms with Crippen LogP contribution in [0, 0.1) is 0 Å². The molecule has 0 spiro atoms.